The van der Waals surface area contributed by atoms with Gasteiger partial charge in [-0.05, 0) is 223 Å². The molecule has 0 aliphatic carbocycles. The SMILES string of the molecule is c1cc(-c2cccc3ccccc23)cc(N(c2ccc(-c3cccc4c3oc3ccccc34)cc2)c2cc(-c3cc4ccccc4c4ccccc34)cc(-c3ccc(N(c4cccc(-c5cccc6ccccc56)c4)c4cccc(-c5cc6ccccc6c6ccccc56)c4)c4c3oc3ccccc34)c2)c1. The van der Waals surface area contributed by atoms with Gasteiger partial charge in [0.15, 0.2) is 0 Å². The van der Waals surface area contributed by atoms with Crippen LogP contribution in [-0.2, 0) is 0 Å². The van der Waals surface area contributed by atoms with Gasteiger partial charge in [-0.15, -0.1) is 0 Å². The molecular weight excluding hydrogens is 1290 g/mol. The van der Waals surface area contributed by atoms with E-state index in [1.165, 1.54) is 81.3 Å². The van der Waals surface area contributed by atoms with Gasteiger partial charge in [0, 0.05) is 55.7 Å². The maximum atomic E-state index is 7.52. The number of hydrogen-bond acceptors (Lipinski definition) is 4. The lowest BCUT2D eigenvalue weighted by atomic mass is 9.90. The lowest BCUT2D eigenvalue weighted by molar-refractivity contribution is 0.669. The van der Waals surface area contributed by atoms with Crippen LogP contribution < -0.4 is 9.80 Å². The molecule has 106 heavy (non-hydrogen) atoms. The molecular formula is C102H64N2O2. The summed E-state index contributed by atoms with van der Waals surface area (Å²) in [6.07, 6.45) is 0. The maximum absolute atomic E-state index is 7.52. The second-order valence-corrected chi connectivity index (χ2v) is 27.8. The standard InChI is InChI=1S/C102H64N2O2/c1-5-35-80-65(23-1)27-20-45-82(80)68-29-17-32-76(58-68)103(75-53-51-67(52-54-75)86-47-22-48-93-92-43-13-15-49-98(92)105-101(86)93)79-61-73(57-74(62-79)96-64-72-26-4-8-38-85(72)89-40-10-12-42-91(89)96)87-55-56-97(100-94-44-14-16-50-99(94)106-102(87)100)104(77-33-18-30-69(59-77)83-46-21-28-66-24-2-6-36-81(66)83)78-34-19-31-70(60-78)95-63-71-25-3-7-37-84(71)88-39-9-11-41-90(88)95/h1-64H. The van der Waals surface area contributed by atoms with Gasteiger partial charge in [-0.2, -0.15) is 0 Å². The van der Waals surface area contributed by atoms with Gasteiger partial charge in [-0.25, -0.2) is 0 Å². The molecule has 0 fully saturated rings. The van der Waals surface area contributed by atoms with Crippen molar-refractivity contribution in [1.82, 2.24) is 0 Å². The third-order valence-corrected chi connectivity index (χ3v) is 21.7. The zero-order chi connectivity index (χ0) is 69.8. The molecule has 21 aromatic rings. The van der Waals surface area contributed by atoms with Crippen molar-refractivity contribution in [3.63, 3.8) is 0 Å². The Bertz CT molecular complexity index is 7110. The lowest BCUT2D eigenvalue weighted by Gasteiger charge is -2.29. The zero-order valence-corrected chi connectivity index (χ0v) is 57.7. The fourth-order valence-electron chi connectivity index (χ4n) is 16.9. The minimum atomic E-state index is 0.783. The van der Waals surface area contributed by atoms with Crippen molar-refractivity contribution in [2.45, 2.75) is 0 Å². The molecule has 0 bridgehead atoms. The van der Waals surface area contributed by atoms with E-state index < -0.39 is 0 Å². The summed E-state index contributed by atoms with van der Waals surface area (Å²) in [6.45, 7) is 0. The first-order chi connectivity index (χ1) is 52.5. The molecule has 0 aliphatic heterocycles. The molecule has 19 aromatic carbocycles. The van der Waals surface area contributed by atoms with Crippen LogP contribution in [0.4, 0.5) is 34.1 Å². The number of para-hydroxylation sites is 3. The Morgan fingerprint density at radius 3 is 1.14 bits per heavy atom. The van der Waals surface area contributed by atoms with Crippen LogP contribution in [-0.4, -0.2) is 0 Å². The van der Waals surface area contributed by atoms with Crippen LogP contribution in [0.5, 0.6) is 0 Å². The third-order valence-electron chi connectivity index (χ3n) is 21.7. The third kappa shape index (κ3) is 10.1. The van der Waals surface area contributed by atoms with Crippen LogP contribution in [0, 0.1) is 0 Å². The Hall–Kier alpha value is -14.1. The molecule has 2 heterocycles. The zero-order valence-electron chi connectivity index (χ0n) is 57.7. The molecule has 0 radical (unpaired) electrons. The summed E-state index contributed by atoms with van der Waals surface area (Å²) in [5, 5.41) is 18.6. The van der Waals surface area contributed by atoms with E-state index in [4.69, 9.17) is 8.83 Å². The summed E-state index contributed by atoms with van der Waals surface area (Å²) >= 11 is 0. The van der Waals surface area contributed by atoms with Crippen molar-refractivity contribution >= 4 is 143 Å². The van der Waals surface area contributed by atoms with Crippen LogP contribution in [0.1, 0.15) is 0 Å². The van der Waals surface area contributed by atoms with Crippen molar-refractivity contribution in [3.05, 3.63) is 388 Å². The van der Waals surface area contributed by atoms with E-state index in [1.807, 2.05) is 6.07 Å². The quantitative estimate of drug-likeness (QED) is 0.114. The Kier molecular flexibility index (Phi) is 14.2. The van der Waals surface area contributed by atoms with E-state index in [0.29, 0.717) is 0 Å². The number of nitrogens with zero attached hydrogens (tertiary/aromatic N) is 2. The fraction of sp³-hybridized carbons (Fsp3) is 0. The molecule has 4 heteroatoms. The number of benzene rings is 19. The Morgan fingerprint density at radius 2 is 0.557 bits per heavy atom. The van der Waals surface area contributed by atoms with Gasteiger partial charge < -0.3 is 18.6 Å². The van der Waals surface area contributed by atoms with Crippen molar-refractivity contribution in [2.75, 3.05) is 9.80 Å². The maximum Gasteiger partial charge on any atom is 0.145 e. The highest BCUT2D eigenvalue weighted by Gasteiger charge is 2.27. The number of fused-ring (bicyclic) bond motifs is 14. The molecule has 21 rings (SSSR count). The van der Waals surface area contributed by atoms with E-state index in [1.54, 1.807) is 0 Å². The molecule has 494 valence electrons. The highest BCUT2D eigenvalue weighted by molar-refractivity contribution is 6.20. The smallest absolute Gasteiger partial charge is 0.145 e. The molecule has 0 spiro atoms. The normalized spacial score (nSPS) is 11.8. The van der Waals surface area contributed by atoms with Crippen LogP contribution >= 0.6 is 0 Å². The minimum absolute atomic E-state index is 0.783. The Morgan fingerprint density at radius 1 is 0.170 bits per heavy atom. The molecule has 0 atom stereocenters. The average molecular weight is 1350 g/mol. The molecule has 4 nitrogen and oxygen atoms in total. The molecule has 2 aromatic heterocycles. The molecule has 0 aliphatic rings. The van der Waals surface area contributed by atoms with E-state index >= 15 is 0 Å². The summed E-state index contributed by atoms with van der Waals surface area (Å²) in [5.74, 6) is 0. The van der Waals surface area contributed by atoms with Crippen LogP contribution in [0.2, 0.25) is 0 Å². The van der Waals surface area contributed by atoms with Gasteiger partial charge in [0.05, 0.1) is 11.1 Å². The summed E-state index contributed by atoms with van der Waals surface area (Å²) in [6, 6.07) is 142. The predicted molar refractivity (Wildman–Crippen MR) is 448 cm³/mol. The highest BCUT2D eigenvalue weighted by Crippen LogP contribution is 2.51. The van der Waals surface area contributed by atoms with Crippen LogP contribution in [0.3, 0.4) is 0 Å². The highest BCUT2D eigenvalue weighted by atomic mass is 16.3. The second-order valence-electron chi connectivity index (χ2n) is 27.8. The van der Waals surface area contributed by atoms with Gasteiger partial charge >= 0.3 is 0 Å². The van der Waals surface area contributed by atoms with Crippen LogP contribution in [0.15, 0.2) is 397 Å². The summed E-state index contributed by atoms with van der Waals surface area (Å²) < 4.78 is 14.2. The second kappa shape index (κ2) is 24.9. The van der Waals surface area contributed by atoms with Crippen molar-refractivity contribution in [3.8, 4) is 66.8 Å². The topological polar surface area (TPSA) is 32.8 Å². The molecule has 0 unspecified atom stereocenters. The van der Waals surface area contributed by atoms with E-state index in [9.17, 15) is 0 Å². The molecule has 0 N–H and O–H groups in total. The largest absolute Gasteiger partial charge is 0.455 e. The van der Waals surface area contributed by atoms with Gasteiger partial charge in [0.2, 0.25) is 0 Å². The molecule has 0 saturated carbocycles. The van der Waals surface area contributed by atoms with Gasteiger partial charge in [-0.1, -0.05) is 285 Å². The van der Waals surface area contributed by atoms with Gasteiger partial charge in [0.25, 0.3) is 0 Å². The van der Waals surface area contributed by atoms with Gasteiger partial charge in [0.1, 0.15) is 22.3 Å². The van der Waals surface area contributed by atoms with E-state index in [0.717, 1.165) is 128 Å². The lowest BCUT2D eigenvalue weighted by Crippen LogP contribution is -2.11. The van der Waals surface area contributed by atoms with Crippen molar-refractivity contribution in [2.24, 2.45) is 0 Å². The fourth-order valence-corrected chi connectivity index (χ4v) is 16.9. The summed E-state index contributed by atoms with van der Waals surface area (Å²) in [7, 11) is 0. The first-order valence-electron chi connectivity index (χ1n) is 36.3. The molecule has 0 amide bonds. The molecule has 0 saturated heterocycles. The van der Waals surface area contributed by atoms with Crippen molar-refractivity contribution < 1.29 is 8.83 Å². The first kappa shape index (κ1) is 60.7. The number of furan rings is 2. The Balaban J connectivity index is 0.811. The van der Waals surface area contributed by atoms with Crippen molar-refractivity contribution in [1.29, 1.82) is 0 Å². The number of rotatable bonds is 12. The minimum Gasteiger partial charge on any atom is -0.455 e. The van der Waals surface area contributed by atoms with E-state index in [-0.39, 0.29) is 0 Å². The number of hydrogen-bond donors (Lipinski definition) is 0. The van der Waals surface area contributed by atoms with Gasteiger partial charge in [-0.3, -0.25) is 0 Å². The summed E-state index contributed by atoms with van der Waals surface area (Å²) in [5.41, 5.74) is 22.5. The Labute approximate surface area is 612 Å². The van der Waals surface area contributed by atoms with Crippen LogP contribution in [0.25, 0.3) is 175 Å². The summed E-state index contributed by atoms with van der Waals surface area (Å²) in [4.78, 5) is 4.90. The number of anilines is 6. The van der Waals surface area contributed by atoms with E-state index in [2.05, 4.69) is 392 Å². The monoisotopic (exact) mass is 1350 g/mol. The first-order valence-corrected chi connectivity index (χ1v) is 36.3. The predicted octanol–water partition coefficient (Wildman–Crippen LogP) is 29.3. The average Bonchev–Trinajstić information content (AvgIpc) is 1.44.